The molecule has 0 aliphatic carbocycles. The van der Waals surface area contributed by atoms with E-state index < -0.39 is 6.09 Å². The Hall–Kier alpha value is -1.51. The Morgan fingerprint density at radius 3 is 2.67 bits per heavy atom. The standard InChI is InChI=1S/C9H8NO2/c11-9-10-8(6-12-9)7-4-2-1-3-5-7/h1-5,8H,6H2. The monoisotopic (exact) mass is 162 g/mol. The Morgan fingerprint density at radius 2 is 2.08 bits per heavy atom. The van der Waals surface area contributed by atoms with Gasteiger partial charge in [0.2, 0.25) is 0 Å². The van der Waals surface area contributed by atoms with E-state index in [0.29, 0.717) is 6.61 Å². The molecule has 1 aliphatic heterocycles. The van der Waals surface area contributed by atoms with Crippen molar-refractivity contribution in [2.75, 3.05) is 6.61 Å². The maximum Gasteiger partial charge on any atom is 0.429 e. The van der Waals surface area contributed by atoms with Crippen LogP contribution in [-0.4, -0.2) is 12.7 Å². The molecule has 1 aromatic carbocycles. The lowest BCUT2D eigenvalue weighted by molar-refractivity contribution is 0.176. The van der Waals surface area contributed by atoms with Crippen LogP contribution in [0.4, 0.5) is 4.79 Å². The van der Waals surface area contributed by atoms with Gasteiger partial charge in [-0.1, -0.05) is 30.3 Å². The second-order valence-corrected chi connectivity index (χ2v) is 2.63. The van der Waals surface area contributed by atoms with Crippen LogP contribution in [0.2, 0.25) is 0 Å². The van der Waals surface area contributed by atoms with E-state index in [1.54, 1.807) is 0 Å². The summed E-state index contributed by atoms with van der Waals surface area (Å²) in [5.74, 6) is 0. The zero-order chi connectivity index (χ0) is 8.39. The molecule has 1 amide bonds. The van der Waals surface area contributed by atoms with E-state index in [0.717, 1.165) is 5.56 Å². The molecule has 12 heavy (non-hydrogen) atoms. The summed E-state index contributed by atoms with van der Waals surface area (Å²) >= 11 is 0. The van der Waals surface area contributed by atoms with Crippen molar-refractivity contribution in [2.24, 2.45) is 0 Å². The molecule has 3 nitrogen and oxygen atoms in total. The van der Waals surface area contributed by atoms with Gasteiger partial charge in [-0.25, -0.2) is 10.1 Å². The number of carbonyl (C=O) groups is 1. The van der Waals surface area contributed by atoms with Crippen LogP contribution in [0.3, 0.4) is 0 Å². The maximum absolute atomic E-state index is 10.6. The molecule has 2 rings (SSSR count). The normalized spacial score (nSPS) is 21.7. The van der Waals surface area contributed by atoms with Crippen LogP contribution in [0.1, 0.15) is 11.6 Å². The predicted molar refractivity (Wildman–Crippen MR) is 42.7 cm³/mol. The number of nitrogens with zero attached hydrogens (tertiary/aromatic N) is 1. The van der Waals surface area contributed by atoms with Crippen molar-refractivity contribution in [1.29, 1.82) is 0 Å². The van der Waals surface area contributed by atoms with Crippen LogP contribution in [0, 0.1) is 0 Å². The fraction of sp³-hybridized carbons (Fsp3) is 0.222. The fourth-order valence-electron chi connectivity index (χ4n) is 1.20. The highest BCUT2D eigenvalue weighted by Gasteiger charge is 2.25. The number of hydrogen-bond acceptors (Lipinski definition) is 2. The largest absolute Gasteiger partial charge is 0.446 e. The Labute approximate surface area is 70.3 Å². The zero-order valence-corrected chi connectivity index (χ0v) is 6.43. The van der Waals surface area contributed by atoms with E-state index in [2.05, 4.69) is 5.32 Å². The zero-order valence-electron chi connectivity index (χ0n) is 6.43. The predicted octanol–water partition coefficient (Wildman–Crippen LogP) is 1.48. The van der Waals surface area contributed by atoms with Crippen molar-refractivity contribution in [3.8, 4) is 0 Å². The van der Waals surface area contributed by atoms with Crippen molar-refractivity contribution in [3.63, 3.8) is 0 Å². The third-order valence-corrected chi connectivity index (χ3v) is 1.81. The first-order valence-electron chi connectivity index (χ1n) is 3.79. The van der Waals surface area contributed by atoms with Gasteiger partial charge in [0.15, 0.2) is 0 Å². The Morgan fingerprint density at radius 1 is 1.33 bits per heavy atom. The van der Waals surface area contributed by atoms with Crippen molar-refractivity contribution < 1.29 is 9.53 Å². The highest BCUT2D eigenvalue weighted by atomic mass is 16.6. The van der Waals surface area contributed by atoms with Crippen LogP contribution < -0.4 is 5.32 Å². The Balaban J connectivity index is 2.16. The second-order valence-electron chi connectivity index (χ2n) is 2.63. The summed E-state index contributed by atoms with van der Waals surface area (Å²) in [6.45, 7) is 0.378. The van der Waals surface area contributed by atoms with E-state index in [-0.39, 0.29) is 6.04 Å². The second kappa shape index (κ2) is 2.85. The van der Waals surface area contributed by atoms with Crippen LogP contribution in [0.15, 0.2) is 30.3 Å². The lowest BCUT2D eigenvalue weighted by Crippen LogP contribution is -2.09. The molecule has 3 heteroatoms. The minimum absolute atomic E-state index is 0.0984. The molecular formula is C9H8NO2. The molecule has 0 saturated carbocycles. The SMILES string of the molecule is O=C1[N]C(c2ccccc2)CO1. The molecule has 1 unspecified atom stereocenters. The molecule has 1 radical (unpaired) electrons. The molecule has 1 fully saturated rings. The molecule has 1 heterocycles. The third-order valence-electron chi connectivity index (χ3n) is 1.81. The molecule has 1 aliphatic rings. The number of carbonyl (C=O) groups excluding carboxylic acids is 1. The van der Waals surface area contributed by atoms with E-state index in [1.165, 1.54) is 0 Å². The number of ether oxygens (including phenoxy) is 1. The summed E-state index contributed by atoms with van der Waals surface area (Å²) in [6.07, 6.45) is -0.455. The molecule has 1 aromatic rings. The lowest BCUT2D eigenvalue weighted by atomic mass is 10.1. The van der Waals surface area contributed by atoms with Crippen LogP contribution in [-0.2, 0) is 4.74 Å². The first kappa shape index (κ1) is 7.16. The first-order chi connectivity index (χ1) is 5.86. The van der Waals surface area contributed by atoms with Gasteiger partial charge in [-0.2, -0.15) is 0 Å². The quantitative estimate of drug-likeness (QED) is 0.627. The summed E-state index contributed by atoms with van der Waals surface area (Å²) in [4.78, 5) is 10.6. The maximum atomic E-state index is 10.6. The first-order valence-corrected chi connectivity index (χ1v) is 3.79. The molecule has 1 saturated heterocycles. The van der Waals surface area contributed by atoms with Gasteiger partial charge in [0, 0.05) is 0 Å². The smallest absolute Gasteiger partial charge is 0.429 e. The minimum atomic E-state index is -0.455. The molecule has 61 valence electrons. The molecule has 0 aromatic heterocycles. The van der Waals surface area contributed by atoms with Crippen LogP contribution >= 0.6 is 0 Å². The highest BCUT2D eigenvalue weighted by molar-refractivity contribution is 5.69. The summed E-state index contributed by atoms with van der Waals surface area (Å²) in [6, 6.07) is 9.56. The molecule has 0 N–H and O–H groups in total. The van der Waals surface area contributed by atoms with Crippen LogP contribution in [0.5, 0.6) is 0 Å². The van der Waals surface area contributed by atoms with Gasteiger partial charge in [0.05, 0.1) is 0 Å². The number of hydrogen-bond donors (Lipinski definition) is 0. The van der Waals surface area contributed by atoms with E-state index in [1.807, 2.05) is 30.3 Å². The third kappa shape index (κ3) is 1.25. The summed E-state index contributed by atoms with van der Waals surface area (Å²) in [5, 5.41) is 3.80. The number of rotatable bonds is 1. The van der Waals surface area contributed by atoms with Gasteiger partial charge in [-0.15, -0.1) is 0 Å². The summed E-state index contributed by atoms with van der Waals surface area (Å²) < 4.78 is 4.71. The lowest BCUT2D eigenvalue weighted by Gasteiger charge is -2.03. The van der Waals surface area contributed by atoms with E-state index in [4.69, 9.17) is 4.74 Å². The summed E-state index contributed by atoms with van der Waals surface area (Å²) in [7, 11) is 0. The van der Waals surface area contributed by atoms with Crippen molar-refractivity contribution in [3.05, 3.63) is 35.9 Å². The molecule has 1 atom stereocenters. The summed E-state index contributed by atoms with van der Waals surface area (Å²) in [5.41, 5.74) is 1.03. The molecule has 0 spiro atoms. The number of amides is 1. The van der Waals surface area contributed by atoms with Gasteiger partial charge in [-0.05, 0) is 5.56 Å². The average molecular weight is 162 g/mol. The number of cyclic esters (lactones) is 1. The Kier molecular flexibility index (Phi) is 1.70. The number of benzene rings is 1. The van der Waals surface area contributed by atoms with Gasteiger partial charge in [0.1, 0.15) is 12.6 Å². The van der Waals surface area contributed by atoms with Crippen LogP contribution in [0.25, 0.3) is 0 Å². The molecular weight excluding hydrogens is 154 g/mol. The van der Waals surface area contributed by atoms with E-state index >= 15 is 0 Å². The molecule has 0 bridgehead atoms. The van der Waals surface area contributed by atoms with Crippen molar-refractivity contribution in [1.82, 2.24) is 5.32 Å². The fourth-order valence-corrected chi connectivity index (χ4v) is 1.20. The van der Waals surface area contributed by atoms with Crippen molar-refractivity contribution in [2.45, 2.75) is 6.04 Å². The van der Waals surface area contributed by atoms with Crippen molar-refractivity contribution >= 4 is 6.09 Å². The van der Waals surface area contributed by atoms with Gasteiger partial charge < -0.3 is 4.74 Å². The minimum Gasteiger partial charge on any atom is -0.446 e. The van der Waals surface area contributed by atoms with Gasteiger partial charge in [0.25, 0.3) is 0 Å². The highest BCUT2D eigenvalue weighted by Crippen LogP contribution is 2.18. The average Bonchev–Trinajstić information content (AvgIpc) is 2.54. The van der Waals surface area contributed by atoms with Gasteiger partial charge in [-0.3, -0.25) is 0 Å². The topological polar surface area (TPSA) is 40.4 Å². The van der Waals surface area contributed by atoms with E-state index in [9.17, 15) is 4.79 Å². The van der Waals surface area contributed by atoms with Gasteiger partial charge >= 0.3 is 6.09 Å². The Bertz CT molecular complexity index is 284.